The summed E-state index contributed by atoms with van der Waals surface area (Å²) in [5.41, 5.74) is 0.918. The molecule has 0 saturated heterocycles. The molecule has 0 aromatic carbocycles. The van der Waals surface area contributed by atoms with E-state index in [0.29, 0.717) is 19.0 Å². The lowest BCUT2D eigenvalue weighted by molar-refractivity contribution is -0.125. The highest BCUT2D eigenvalue weighted by molar-refractivity contribution is 5.95. The van der Waals surface area contributed by atoms with E-state index in [4.69, 9.17) is 0 Å². The normalized spacial score (nSPS) is 14.1. The summed E-state index contributed by atoms with van der Waals surface area (Å²) in [4.78, 5) is 25.9. The second-order valence-electron chi connectivity index (χ2n) is 6.30. The molecular formula is C16H26N4O2. The minimum atomic E-state index is -0.0457. The van der Waals surface area contributed by atoms with E-state index in [9.17, 15) is 9.59 Å². The molecule has 1 aromatic heterocycles. The number of amides is 2. The first-order valence-corrected chi connectivity index (χ1v) is 8.09. The SMILES string of the molecule is Cc1cc2n(n1)CCCN2C(=O)CCC(=O)NCCC(C)C. The van der Waals surface area contributed by atoms with Gasteiger partial charge in [0.2, 0.25) is 11.8 Å². The lowest BCUT2D eigenvalue weighted by Gasteiger charge is -2.27. The smallest absolute Gasteiger partial charge is 0.228 e. The average Bonchev–Trinajstić information content (AvgIpc) is 2.84. The van der Waals surface area contributed by atoms with Crippen LogP contribution in [0.1, 0.15) is 45.2 Å². The standard InChI is InChI=1S/C16H26N4O2/c1-12(2)7-8-17-14(21)5-6-16(22)19-9-4-10-20-15(19)11-13(3)18-20/h11-12H,4-10H2,1-3H3,(H,17,21). The Hall–Kier alpha value is -1.85. The van der Waals surface area contributed by atoms with Crippen LogP contribution in [0, 0.1) is 12.8 Å². The van der Waals surface area contributed by atoms with Gasteiger partial charge < -0.3 is 5.32 Å². The van der Waals surface area contributed by atoms with Crippen molar-refractivity contribution < 1.29 is 9.59 Å². The number of fused-ring (bicyclic) bond motifs is 1. The summed E-state index contributed by atoms with van der Waals surface area (Å²) in [6, 6.07) is 1.93. The number of carbonyl (C=O) groups is 2. The number of nitrogens with zero attached hydrogens (tertiary/aromatic N) is 3. The van der Waals surface area contributed by atoms with Gasteiger partial charge in [0.15, 0.2) is 0 Å². The molecule has 1 aliphatic rings. The van der Waals surface area contributed by atoms with Gasteiger partial charge in [-0.1, -0.05) is 13.8 Å². The Labute approximate surface area is 131 Å². The molecule has 0 radical (unpaired) electrons. The van der Waals surface area contributed by atoms with Crippen molar-refractivity contribution in [3.05, 3.63) is 11.8 Å². The van der Waals surface area contributed by atoms with Gasteiger partial charge in [-0.15, -0.1) is 0 Å². The summed E-state index contributed by atoms with van der Waals surface area (Å²) >= 11 is 0. The topological polar surface area (TPSA) is 67.2 Å². The van der Waals surface area contributed by atoms with Crippen molar-refractivity contribution in [1.29, 1.82) is 0 Å². The first-order valence-electron chi connectivity index (χ1n) is 8.09. The third-order valence-corrected chi connectivity index (χ3v) is 3.82. The minimum Gasteiger partial charge on any atom is -0.356 e. The van der Waals surface area contributed by atoms with Crippen molar-refractivity contribution in [2.24, 2.45) is 5.92 Å². The predicted octanol–water partition coefficient (Wildman–Crippen LogP) is 1.87. The third kappa shape index (κ3) is 4.32. The maximum Gasteiger partial charge on any atom is 0.228 e. The molecule has 0 atom stereocenters. The Balaban J connectivity index is 1.82. The van der Waals surface area contributed by atoms with Crippen LogP contribution in [0.3, 0.4) is 0 Å². The van der Waals surface area contributed by atoms with E-state index in [1.165, 1.54) is 0 Å². The quantitative estimate of drug-likeness (QED) is 0.872. The molecule has 0 fully saturated rings. The summed E-state index contributed by atoms with van der Waals surface area (Å²) in [7, 11) is 0. The largest absolute Gasteiger partial charge is 0.356 e. The van der Waals surface area contributed by atoms with E-state index in [2.05, 4.69) is 24.3 Å². The van der Waals surface area contributed by atoms with Crippen molar-refractivity contribution in [2.45, 2.75) is 53.0 Å². The van der Waals surface area contributed by atoms with Gasteiger partial charge in [0, 0.05) is 38.5 Å². The fourth-order valence-electron chi connectivity index (χ4n) is 2.60. The lowest BCUT2D eigenvalue weighted by atomic mass is 10.1. The summed E-state index contributed by atoms with van der Waals surface area (Å²) in [5.74, 6) is 1.38. The predicted molar refractivity (Wildman–Crippen MR) is 85.6 cm³/mol. The van der Waals surface area contributed by atoms with Crippen molar-refractivity contribution >= 4 is 17.6 Å². The van der Waals surface area contributed by atoms with Crippen LogP contribution in [0.25, 0.3) is 0 Å². The second-order valence-corrected chi connectivity index (χ2v) is 6.30. The molecule has 1 aromatic rings. The monoisotopic (exact) mass is 306 g/mol. The van der Waals surface area contributed by atoms with Crippen LogP contribution in [-0.2, 0) is 16.1 Å². The van der Waals surface area contributed by atoms with Crippen LogP contribution in [0.5, 0.6) is 0 Å². The molecule has 0 aliphatic carbocycles. The summed E-state index contributed by atoms with van der Waals surface area (Å²) in [6.45, 7) is 8.41. The third-order valence-electron chi connectivity index (χ3n) is 3.82. The second kappa shape index (κ2) is 7.42. The van der Waals surface area contributed by atoms with Gasteiger partial charge in [-0.25, -0.2) is 4.68 Å². The maximum atomic E-state index is 12.4. The number of aromatic nitrogens is 2. The van der Waals surface area contributed by atoms with E-state index in [0.717, 1.165) is 30.9 Å². The molecule has 2 heterocycles. The molecule has 2 rings (SSSR count). The zero-order valence-electron chi connectivity index (χ0n) is 13.8. The molecule has 0 saturated carbocycles. The van der Waals surface area contributed by atoms with Gasteiger partial charge in [0.25, 0.3) is 0 Å². The highest BCUT2D eigenvalue weighted by Crippen LogP contribution is 2.22. The summed E-state index contributed by atoms with van der Waals surface area (Å²) in [5, 5.41) is 7.25. The van der Waals surface area contributed by atoms with Gasteiger partial charge in [-0.2, -0.15) is 5.10 Å². The maximum absolute atomic E-state index is 12.4. The number of aryl methyl sites for hydroxylation is 2. The Morgan fingerprint density at radius 2 is 2.09 bits per heavy atom. The first kappa shape index (κ1) is 16.5. The molecule has 1 N–H and O–H groups in total. The van der Waals surface area contributed by atoms with Crippen LogP contribution in [0.15, 0.2) is 6.07 Å². The van der Waals surface area contributed by atoms with E-state index < -0.39 is 0 Å². The van der Waals surface area contributed by atoms with Gasteiger partial charge in [0.05, 0.1) is 5.69 Å². The number of nitrogens with one attached hydrogen (secondary N) is 1. The van der Waals surface area contributed by atoms with Crippen molar-refractivity contribution in [1.82, 2.24) is 15.1 Å². The number of hydrogen-bond acceptors (Lipinski definition) is 3. The molecular weight excluding hydrogens is 280 g/mol. The fraction of sp³-hybridized carbons (Fsp3) is 0.688. The molecule has 1 aliphatic heterocycles. The zero-order chi connectivity index (χ0) is 16.1. The van der Waals surface area contributed by atoms with Gasteiger partial charge in [0.1, 0.15) is 5.82 Å². The fourth-order valence-corrected chi connectivity index (χ4v) is 2.60. The van der Waals surface area contributed by atoms with E-state index >= 15 is 0 Å². The Kier molecular flexibility index (Phi) is 5.57. The average molecular weight is 306 g/mol. The number of rotatable bonds is 6. The molecule has 0 bridgehead atoms. The van der Waals surface area contributed by atoms with Crippen LogP contribution < -0.4 is 10.2 Å². The molecule has 22 heavy (non-hydrogen) atoms. The molecule has 6 nitrogen and oxygen atoms in total. The van der Waals surface area contributed by atoms with E-state index in [1.807, 2.05) is 17.7 Å². The Morgan fingerprint density at radius 1 is 1.32 bits per heavy atom. The number of anilines is 1. The van der Waals surface area contributed by atoms with E-state index in [1.54, 1.807) is 4.90 Å². The molecule has 6 heteroatoms. The van der Waals surface area contributed by atoms with Gasteiger partial charge in [-0.3, -0.25) is 14.5 Å². The first-order chi connectivity index (χ1) is 10.5. The van der Waals surface area contributed by atoms with Crippen LogP contribution in [0.4, 0.5) is 5.82 Å². The van der Waals surface area contributed by atoms with E-state index in [-0.39, 0.29) is 24.7 Å². The molecule has 2 amide bonds. The van der Waals surface area contributed by atoms with Crippen molar-refractivity contribution in [3.8, 4) is 0 Å². The molecule has 122 valence electrons. The van der Waals surface area contributed by atoms with Crippen molar-refractivity contribution in [2.75, 3.05) is 18.0 Å². The lowest BCUT2D eigenvalue weighted by Crippen LogP contribution is -2.38. The van der Waals surface area contributed by atoms with Gasteiger partial charge >= 0.3 is 0 Å². The number of carbonyl (C=O) groups excluding carboxylic acids is 2. The highest BCUT2D eigenvalue weighted by Gasteiger charge is 2.24. The Bertz CT molecular complexity index is 536. The van der Waals surface area contributed by atoms with Crippen LogP contribution in [0.2, 0.25) is 0 Å². The molecule has 0 unspecified atom stereocenters. The molecule has 0 spiro atoms. The zero-order valence-corrected chi connectivity index (χ0v) is 13.8. The van der Waals surface area contributed by atoms with Crippen molar-refractivity contribution in [3.63, 3.8) is 0 Å². The highest BCUT2D eigenvalue weighted by atomic mass is 16.2. The number of hydrogen-bond donors (Lipinski definition) is 1. The van der Waals surface area contributed by atoms with Crippen LogP contribution in [-0.4, -0.2) is 34.7 Å². The Morgan fingerprint density at radius 3 is 2.82 bits per heavy atom. The minimum absolute atomic E-state index is 0.000130. The van der Waals surface area contributed by atoms with Crippen LogP contribution >= 0.6 is 0 Å². The van der Waals surface area contributed by atoms with Gasteiger partial charge in [-0.05, 0) is 25.7 Å². The summed E-state index contributed by atoms with van der Waals surface area (Å²) < 4.78 is 1.87. The summed E-state index contributed by atoms with van der Waals surface area (Å²) in [6.07, 6.45) is 2.36.